The molecule has 0 saturated carbocycles. The predicted molar refractivity (Wildman–Crippen MR) is 151 cm³/mol. The van der Waals surface area contributed by atoms with Gasteiger partial charge in [-0.2, -0.15) is 0 Å². The molecule has 0 fully saturated rings. The van der Waals surface area contributed by atoms with Crippen molar-refractivity contribution in [3.8, 4) is 17.2 Å². The number of aromatic nitrogens is 1. The van der Waals surface area contributed by atoms with Crippen molar-refractivity contribution in [1.29, 1.82) is 0 Å². The molecule has 39 heavy (non-hydrogen) atoms. The van der Waals surface area contributed by atoms with E-state index in [4.69, 9.17) is 19.2 Å². The number of methoxy groups -OCH3 is 3. The van der Waals surface area contributed by atoms with Crippen LogP contribution in [0, 0.1) is 0 Å². The van der Waals surface area contributed by atoms with Gasteiger partial charge in [-0.3, -0.25) is 14.2 Å². The van der Waals surface area contributed by atoms with Gasteiger partial charge in [-0.15, -0.1) is 0 Å². The maximum atomic E-state index is 14.0. The molecule has 0 bridgehead atoms. The molecule has 0 aliphatic carbocycles. The van der Waals surface area contributed by atoms with E-state index in [1.165, 1.54) is 11.3 Å². The van der Waals surface area contributed by atoms with Crippen molar-refractivity contribution in [2.75, 3.05) is 26.6 Å². The molecule has 0 spiro atoms. The number of hydrogen-bond donors (Lipinski definition) is 1. The average Bonchev–Trinajstić information content (AvgIpc) is 3.26. The van der Waals surface area contributed by atoms with Crippen molar-refractivity contribution in [2.24, 2.45) is 4.99 Å². The number of carbonyl (C=O) groups excluding carboxylic acids is 1. The Morgan fingerprint density at radius 1 is 0.974 bits per heavy atom. The maximum absolute atomic E-state index is 14.0. The molecule has 198 valence electrons. The van der Waals surface area contributed by atoms with E-state index < -0.39 is 6.04 Å². The van der Waals surface area contributed by atoms with Crippen molar-refractivity contribution >= 4 is 29.0 Å². The zero-order valence-corrected chi connectivity index (χ0v) is 22.7. The van der Waals surface area contributed by atoms with E-state index in [2.05, 4.69) is 5.32 Å². The van der Waals surface area contributed by atoms with E-state index in [0.29, 0.717) is 49.1 Å². The third kappa shape index (κ3) is 4.96. The van der Waals surface area contributed by atoms with Crippen molar-refractivity contribution in [3.63, 3.8) is 0 Å². The lowest BCUT2D eigenvalue weighted by Gasteiger charge is -2.25. The van der Waals surface area contributed by atoms with E-state index in [0.717, 1.165) is 5.56 Å². The summed E-state index contributed by atoms with van der Waals surface area (Å²) >= 11 is 1.25. The molecule has 1 N–H and O–H groups in total. The molecule has 0 saturated heterocycles. The Morgan fingerprint density at radius 2 is 1.74 bits per heavy atom. The van der Waals surface area contributed by atoms with Crippen LogP contribution in [0.15, 0.2) is 93.9 Å². The minimum Gasteiger partial charge on any atom is -0.497 e. The van der Waals surface area contributed by atoms with Crippen LogP contribution >= 0.6 is 11.3 Å². The summed E-state index contributed by atoms with van der Waals surface area (Å²) < 4.78 is 18.5. The molecule has 0 radical (unpaired) electrons. The van der Waals surface area contributed by atoms with Crippen LogP contribution in [-0.4, -0.2) is 31.8 Å². The van der Waals surface area contributed by atoms with Gasteiger partial charge in [0.25, 0.3) is 11.5 Å². The minimum absolute atomic E-state index is 0.269. The van der Waals surface area contributed by atoms with Crippen LogP contribution < -0.4 is 34.4 Å². The van der Waals surface area contributed by atoms with Gasteiger partial charge in [0.1, 0.15) is 5.75 Å². The van der Waals surface area contributed by atoms with E-state index in [9.17, 15) is 9.59 Å². The van der Waals surface area contributed by atoms with Gasteiger partial charge in [0.15, 0.2) is 16.3 Å². The second-order valence-electron chi connectivity index (χ2n) is 8.76. The number of fused-ring (bicyclic) bond motifs is 1. The lowest BCUT2D eigenvalue weighted by atomic mass is 9.95. The normalized spacial score (nSPS) is 14.9. The summed E-state index contributed by atoms with van der Waals surface area (Å²) in [6.07, 6.45) is 1.76. The maximum Gasteiger partial charge on any atom is 0.271 e. The molecular weight excluding hydrogens is 514 g/mol. The largest absolute Gasteiger partial charge is 0.497 e. The number of hydrogen-bond acceptors (Lipinski definition) is 7. The van der Waals surface area contributed by atoms with Crippen LogP contribution in [-0.2, 0) is 4.79 Å². The van der Waals surface area contributed by atoms with Gasteiger partial charge in [0, 0.05) is 11.3 Å². The zero-order chi connectivity index (χ0) is 27.5. The fourth-order valence-electron chi connectivity index (χ4n) is 4.63. The highest BCUT2D eigenvalue weighted by Gasteiger charge is 2.32. The minimum atomic E-state index is -0.714. The van der Waals surface area contributed by atoms with Gasteiger partial charge in [0.2, 0.25) is 0 Å². The molecule has 4 aromatic rings. The number of carbonyl (C=O) groups is 1. The number of anilines is 1. The number of ether oxygens (including phenoxy) is 3. The number of allylic oxidation sites excluding steroid dienone is 1. The average molecular weight is 542 g/mol. The molecular formula is C30H27N3O5S. The molecule has 1 atom stereocenters. The molecule has 0 unspecified atom stereocenters. The smallest absolute Gasteiger partial charge is 0.271 e. The van der Waals surface area contributed by atoms with Crippen LogP contribution in [0.25, 0.3) is 6.08 Å². The Balaban J connectivity index is 1.70. The molecule has 5 rings (SSSR count). The Labute approximate surface area is 229 Å². The van der Waals surface area contributed by atoms with Crippen molar-refractivity contribution in [2.45, 2.75) is 13.0 Å². The summed E-state index contributed by atoms with van der Waals surface area (Å²) in [7, 11) is 4.70. The summed E-state index contributed by atoms with van der Waals surface area (Å²) in [6.45, 7) is 1.79. The van der Waals surface area contributed by atoms with Gasteiger partial charge in [-0.1, -0.05) is 53.8 Å². The highest BCUT2D eigenvalue weighted by Crippen LogP contribution is 2.33. The van der Waals surface area contributed by atoms with Gasteiger partial charge in [0.05, 0.1) is 43.2 Å². The molecule has 8 nitrogen and oxygen atoms in total. The topological polar surface area (TPSA) is 91.2 Å². The van der Waals surface area contributed by atoms with Gasteiger partial charge in [-0.05, 0) is 48.9 Å². The molecule has 9 heteroatoms. The molecule has 2 heterocycles. The standard InChI is InChI=1S/C30H27N3O5S/c1-18-25(28(34)32-21-12-6-5-7-13-21)26(19-10-8-14-22(16-19)36-2)33-29(35)24(39-30(33)31-18)17-20-11-9-15-23(37-3)27(20)38-4/h5-17,26H,1-4H3,(H,32,34)/b24-17-/t26-/m0/s1. The summed E-state index contributed by atoms with van der Waals surface area (Å²) in [4.78, 5) is 32.8. The van der Waals surface area contributed by atoms with Gasteiger partial charge < -0.3 is 19.5 Å². The Morgan fingerprint density at radius 3 is 2.46 bits per heavy atom. The van der Waals surface area contributed by atoms with Crippen molar-refractivity contribution in [1.82, 2.24) is 4.57 Å². The Kier molecular flexibility index (Phi) is 7.33. The monoisotopic (exact) mass is 541 g/mol. The lowest BCUT2D eigenvalue weighted by Crippen LogP contribution is -2.40. The second-order valence-corrected chi connectivity index (χ2v) is 9.77. The number of rotatable bonds is 7. The number of nitrogens with zero attached hydrogens (tertiary/aromatic N) is 2. The van der Waals surface area contributed by atoms with E-state index in [-0.39, 0.29) is 11.5 Å². The number of para-hydroxylation sites is 2. The van der Waals surface area contributed by atoms with E-state index >= 15 is 0 Å². The quantitative estimate of drug-likeness (QED) is 0.383. The fourth-order valence-corrected chi connectivity index (χ4v) is 5.66. The molecule has 3 aromatic carbocycles. The molecule has 1 aliphatic heterocycles. The summed E-state index contributed by atoms with van der Waals surface area (Å²) in [5, 5.41) is 2.96. The Bertz CT molecular complexity index is 1760. The van der Waals surface area contributed by atoms with Crippen LogP contribution in [0.5, 0.6) is 17.2 Å². The number of thiazole rings is 1. The summed E-state index contributed by atoms with van der Waals surface area (Å²) in [5.41, 5.74) is 2.71. The predicted octanol–water partition coefficient (Wildman–Crippen LogP) is 3.90. The van der Waals surface area contributed by atoms with Gasteiger partial charge in [-0.25, -0.2) is 4.99 Å². The summed E-state index contributed by atoms with van der Waals surface area (Å²) in [5.74, 6) is 1.37. The van der Waals surface area contributed by atoms with Crippen LogP contribution in [0.1, 0.15) is 24.1 Å². The van der Waals surface area contributed by atoms with Crippen LogP contribution in [0.2, 0.25) is 0 Å². The lowest BCUT2D eigenvalue weighted by molar-refractivity contribution is -0.113. The highest BCUT2D eigenvalue weighted by atomic mass is 32.1. The third-order valence-electron chi connectivity index (χ3n) is 6.43. The second kappa shape index (κ2) is 11.0. The number of benzene rings is 3. The molecule has 1 aromatic heterocycles. The first-order chi connectivity index (χ1) is 18.9. The van der Waals surface area contributed by atoms with E-state index in [1.807, 2.05) is 66.7 Å². The van der Waals surface area contributed by atoms with Crippen LogP contribution in [0.3, 0.4) is 0 Å². The fraction of sp³-hybridized carbons (Fsp3) is 0.167. The van der Waals surface area contributed by atoms with Gasteiger partial charge >= 0.3 is 0 Å². The number of amides is 1. The third-order valence-corrected chi connectivity index (χ3v) is 7.41. The van der Waals surface area contributed by atoms with Crippen molar-refractivity contribution < 1.29 is 19.0 Å². The summed E-state index contributed by atoms with van der Waals surface area (Å²) in [6, 6.07) is 21.3. The first-order valence-corrected chi connectivity index (χ1v) is 13.0. The molecule has 1 aliphatic rings. The first kappa shape index (κ1) is 26.0. The first-order valence-electron chi connectivity index (χ1n) is 12.2. The van der Waals surface area contributed by atoms with Crippen molar-refractivity contribution in [3.05, 3.63) is 115 Å². The zero-order valence-electron chi connectivity index (χ0n) is 21.9. The Hall–Kier alpha value is -4.63. The van der Waals surface area contributed by atoms with E-state index in [1.54, 1.807) is 45.0 Å². The number of nitrogens with one attached hydrogen (secondary N) is 1. The van der Waals surface area contributed by atoms with Crippen LogP contribution in [0.4, 0.5) is 5.69 Å². The SMILES string of the molecule is COc1cccc([C@H]2C(C(=O)Nc3ccccc3)=C(C)N=c3s/c(=C\c4cccc(OC)c4OC)c(=O)n32)c1. The highest BCUT2D eigenvalue weighted by molar-refractivity contribution is 7.07. The molecule has 1 amide bonds.